The topological polar surface area (TPSA) is 36.3 Å². The lowest BCUT2D eigenvalue weighted by Gasteiger charge is -2.28. The molecule has 0 aromatic heterocycles. The minimum Gasteiger partial charge on any atom is -0.492 e. The summed E-state index contributed by atoms with van der Waals surface area (Å²) >= 11 is 11.8. The number of likely N-dealkylation sites (tertiary alicyclic amines) is 1. The van der Waals surface area contributed by atoms with Crippen molar-refractivity contribution in [3.63, 3.8) is 0 Å². The molecule has 3 nitrogen and oxygen atoms in total. The van der Waals surface area contributed by atoms with Crippen LogP contribution < -0.4 is 4.74 Å². The molecule has 0 spiro atoms. The summed E-state index contributed by atoms with van der Waals surface area (Å²) < 4.78 is 5.65. The Morgan fingerprint density at radius 3 is 2.42 bits per heavy atom. The second-order valence-corrected chi connectivity index (χ2v) is 5.57. The average Bonchev–Trinajstić information content (AvgIpc) is 2.38. The van der Waals surface area contributed by atoms with Crippen molar-refractivity contribution >= 4 is 23.2 Å². The summed E-state index contributed by atoms with van der Waals surface area (Å²) in [7, 11) is 0. The molecule has 1 aromatic carbocycles. The van der Waals surface area contributed by atoms with Crippen LogP contribution in [-0.4, -0.2) is 31.1 Å². The Bertz CT molecular complexity index is 445. The lowest BCUT2D eigenvalue weighted by molar-refractivity contribution is 0.169. The molecular formula is C14H16Cl2N2O. The monoisotopic (exact) mass is 298 g/mol. The van der Waals surface area contributed by atoms with E-state index in [1.54, 1.807) is 18.2 Å². The lowest BCUT2D eigenvalue weighted by Crippen LogP contribution is -2.36. The molecule has 1 aliphatic rings. The van der Waals surface area contributed by atoms with E-state index < -0.39 is 0 Å². The van der Waals surface area contributed by atoms with Gasteiger partial charge < -0.3 is 4.74 Å². The van der Waals surface area contributed by atoms with Gasteiger partial charge in [-0.3, -0.25) is 4.90 Å². The minimum absolute atomic E-state index is 0.226. The number of piperidine rings is 1. The highest BCUT2D eigenvalue weighted by Gasteiger charge is 2.18. The third-order valence-electron chi connectivity index (χ3n) is 3.28. The summed E-state index contributed by atoms with van der Waals surface area (Å²) in [4.78, 5) is 2.32. The van der Waals surface area contributed by atoms with E-state index >= 15 is 0 Å². The Kier molecular flexibility index (Phi) is 5.33. The third kappa shape index (κ3) is 4.58. The molecule has 1 saturated heterocycles. The molecule has 5 heteroatoms. The Labute approximate surface area is 123 Å². The molecular weight excluding hydrogens is 283 g/mol. The van der Waals surface area contributed by atoms with Crippen LogP contribution in [-0.2, 0) is 0 Å². The number of rotatable bonds is 4. The van der Waals surface area contributed by atoms with Crippen LogP contribution in [0.1, 0.15) is 12.8 Å². The van der Waals surface area contributed by atoms with Gasteiger partial charge in [-0.2, -0.15) is 5.26 Å². The summed E-state index contributed by atoms with van der Waals surface area (Å²) in [6.07, 6.45) is 1.92. The van der Waals surface area contributed by atoms with Gasteiger partial charge in [0.1, 0.15) is 12.4 Å². The molecule has 1 heterocycles. The Morgan fingerprint density at radius 1 is 1.21 bits per heavy atom. The molecule has 0 atom stereocenters. The largest absolute Gasteiger partial charge is 0.492 e. The maximum atomic E-state index is 8.84. The number of halogens is 2. The summed E-state index contributed by atoms with van der Waals surface area (Å²) in [5.74, 6) is 0.924. The second kappa shape index (κ2) is 7.00. The molecule has 102 valence electrons. The normalized spacial score (nSPS) is 17.1. The zero-order valence-electron chi connectivity index (χ0n) is 10.6. The molecule has 1 aliphatic heterocycles. The fourth-order valence-electron chi connectivity index (χ4n) is 2.19. The lowest BCUT2D eigenvalue weighted by atomic mass is 9.99. The van der Waals surface area contributed by atoms with Gasteiger partial charge in [0.15, 0.2) is 0 Å². The summed E-state index contributed by atoms with van der Waals surface area (Å²) in [5.41, 5.74) is 0. The standard InChI is InChI=1S/C14H16Cl2N2O/c15-12-7-13(16)9-14(8-12)19-6-5-18-3-1-11(10-17)2-4-18/h7-9,11H,1-6H2. The Balaban J connectivity index is 1.73. The van der Waals surface area contributed by atoms with Crippen molar-refractivity contribution in [2.75, 3.05) is 26.2 Å². The van der Waals surface area contributed by atoms with Gasteiger partial charge in [-0.1, -0.05) is 23.2 Å². The molecule has 0 aliphatic carbocycles. The highest BCUT2D eigenvalue weighted by atomic mass is 35.5. The predicted octanol–water partition coefficient (Wildman–Crippen LogP) is 3.61. The van der Waals surface area contributed by atoms with E-state index in [1.165, 1.54) is 0 Å². The molecule has 0 unspecified atom stereocenters. The van der Waals surface area contributed by atoms with E-state index in [-0.39, 0.29) is 5.92 Å². The SMILES string of the molecule is N#CC1CCN(CCOc2cc(Cl)cc(Cl)c2)CC1. The number of nitrogens with zero attached hydrogens (tertiary/aromatic N) is 2. The van der Waals surface area contributed by atoms with Gasteiger partial charge in [0.2, 0.25) is 0 Å². The van der Waals surface area contributed by atoms with Crippen LogP contribution >= 0.6 is 23.2 Å². The minimum atomic E-state index is 0.226. The van der Waals surface area contributed by atoms with Gasteiger partial charge in [0.05, 0.1) is 6.07 Å². The third-order valence-corrected chi connectivity index (χ3v) is 3.72. The Morgan fingerprint density at radius 2 is 1.84 bits per heavy atom. The first-order valence-corrected chi connectivity index (χ1v) is 7.14. The molecule has 0 radical (unpaired) electrons. The smallest absolute Gasteiger partial charge is 0.122 e. The van der Waals surface area contributed by atoms with Gasteiger partial charge >= 0.3 is 0 Å². The van der Waals surface area contributed by atoms with E-state index in [2.05, 4.69) is 11.0 Å². The van der Waals surface area contributed by atoms with Crippen LogP contribution in [0, 0.1) is 17.2 Å². The highest BCUT2D eigenvalue weighted by Crippen LogP contribution is 2.24. The first-order valence-electron chi connectivity index (χ1n) is 6.38. The van der Waals surface area contributed by atoms with Crippen molar-refractivity contribution in [2.45, 2.75) is 12.8 Å². The quantitative estimate of drug-likeness (QED) is 0.852. The van der Waals surface area contributed by atoms with Crippen LogP contribution in [0.25, 0.3) is 0 Å². The molecule has 0 N–H and O–H groups in total. The molecule has 1 aromatic rings. The molecule has 0 amide bonds. The van der Waals surface area contributed by atoms with E-state index in [1.807, 2.05) is 0 Å². The number of benzene rings is 1. The molecule has 2 rings (SSSR count). The molecule has 0 saturated carbocycles. The first-order chi connectivity index (χ1) is 9.17. The van der Waals surface area contributed by atoms with Crippen molar-refractivity contribution in [2.24, 2.45) is 5.92 Å². The molecule has 19 heavy (non-hydrogen) atoms. The molecule has 0 bridgehead atoms. The van der Waals surface area contributed by atoms with E-state index in [0.29, 0.717) is 22.4 Å². The van der Waals surface area contributed by atoms with Crippen molar-refractivity contribution in [3.8, 4) is 11.8 Å². The number of nitriles is 1. The van der Waals surface area contributed by atoms with Crippen LogP contribution in [0.3, 0.4) is 0 Å². The van der Waals surface area contributed by atoms with Crippen LogP contribution in [0.5, 0.6) is 5.75 Å². The maximum Gasteiger partial charge on any atom is 0.122 e. The van der Waals surface area contributed by atoms with Crippen molar-refractivity contribution in [3.05, 3.63) is 28.2 Å². The average molecular weight is 299 g/mol. The van der Waals surface area contributed by atoms with Gasteiger partial charge in [-0.25, -0.2) is 0 Å². The molecule has 1 fully saturated rings. The van der Waals surface area contributed by atoms with Crippen LogP contribution in [0.2, 0.25) is 10.0 Å². The maximum absolute atomic E-state index is 8.84. The van der Waals surface area contributed by atoms with E-state index in [0.717, 1.165) is 32.5 Å². The fraction of sp³-hybridized carbons (Fsp3) is 0.500. The van der Waals surface area contributed by atoms with E-state index in [4.69, 9.17) is 33.2 Å². The predicted molar refractivity (Wildman–Crippen MR) is 76.7 cm³/mol. The number of hydrogen-bond donors (Lipinski definition) is 0. The fourth-order valence-corrected chi connectivity index (χ4v) is 2.70. The van der Waals surface area contributed by atoms with E-state index in [9.17, 15) is 0 Å². The van der Waals surface area contributed by atoms with Crippen molar-refractivity contribution in [1.29, 1.82) is 5.26 Å². The van der Waals surface area contributed by atoms with Gasteiger partial charge in [0, 0.05) is 22.5 Å². The van der Waals surface area contributed by atoms with Gasteiger partial charge in [-0.05, 0) is 44.1 Å². The first kappa shape index (κ1) is 14.5. The number of hydrogen-bond acceptors (Lipinski definition) is 3. The van der Waals surface area contributed by atoms with Gasteiger partial charge in [-0.15, -0.1) is 0 Å². The Hall–Kier alpha value is -0.950. The van der Waals surface area contributed by atoms with Crippen LogP contribution in [0.4, 0.5) is 0 Å². The second-order valence-electron chi connectivity index (χ2n) is 4.70. The number of ether oxygens (including phenoxy) is 1. The summed E-state index contributed by atoms with van der Waals surface area (Å²) in [5, 5.41) is 10.00. The zero-order chi connectivity index (χ0) is 13.7. The van der Waals surface area contributed by atoms with Gasteiger partial charge in [0.25, 0.3) is 0 Å². The van der Waals surface area contributed by atoms with Crippen LogP contribution in [0.15, 0.2) is 18.2 Å². The summed E-state index contributed by atoms with van der Waals surface area (Å²) in [6, 6.07) is 7.53. The highest BCUT2D eigenvalue weighted by molar-refractivity contribution is 6.34. The van der Waals surface area contributed by atoms with Crippen molar-refractivity contribution < 1.29 is 4.74 Å². The van der Waals surface area contributed by atoms with Crippen molar-refractivity contribution in [1.82, 2.24) is 4.90 Å². The summed E-state index contributed by atoms with van der Waals surface area (Å²) in [6.45, 7) is 3.41. The zero-order valence-corrected chi connectivity index (χ0v) is 12.1.